The van der Waals surface area contributed by atoms with Crippen molar-refractivity contribution in [1.29, 1.82) is 10.8 Å². The molecule has 0 saturated carbocycles. The molecule has 0 heterocycles. The van der Waals surface area contributed by atoms with Crippen LogP contribution in [0.2, 0.25) is 0 Å². The van der Waals surface area contributed by atoms with E-state index in [1.807, 2.05) is 0 Å². The molecule has 0 spiro atoms. The second-order valence-electron chi connectivity index (χ2n) is 1.92. The quantitative estimate of drug-likeness (QED) is 0.425. The first-order chi connectivity index (χ1) is 4.61. The highest BCUT2D eigenvalue weighted by atomic mass is 19.1. The normalized spacial score (nSPS) is 18.5. The number of rotatable bonds is 0. The number of hydrogen-bond donors (Lipinski definition) is 3. The molecule has 0 fully saturated rings. The van der Waals surface area contributed by atoms with E-state index in [2.05, 4.69) is 0 Å². The molecule has 0 atom stereocenters. The number of halogens is 1. The Labute approximate surface area is 57.1 Å². The Bertz CT molecular complexity index is 234. The van der Waals surface area contributed by atoms with Crippen molar-refractivity contribution >= 4 is 11.4 Å². The third-order valence-corrected chi connectivity index (χ3v) is 1.14. The van der Waals surface area contributed by atoms with E-state index in [4.69, 9.17) is 16.6 Å². The molecule has 0 bridgehead atoms. The van der Waals surface area contributed by atoms with Gasteiger partial charge in [0.25, 0.3) is 0 Å². The average Bonchev–Trinajstić information content (AvgIpc) is 1.84. The van der Waals surface area contributed by atoms with E-state index in [-0.39, 0.29) is 17.1 Å². The summed E-state index contributed by atoms with van der Waals surface area (Å²) in [6.07, 6.45) is 2.05. The van der Waals surface area contributed by atoms with Gasteiger partial charge in [0.1, 0.15) is 5.83 Å². The first-order valence-corrected chi connectivity index (χ1v) is 2.63. The molecule has 0 amide bonds. The van der Waals surface area contributed by atoms with Crippen molar-refractivity contribution in [2.75, 3.05) is 0 Å². The summed E-state index contributed by atoms with van der Waals surface area (Å²) >= 11 is 0. The van der Waals surface area contributed by atoms with E-state index in [0.717, 1.165) is 12.2 Å². The van der Waals surface area contributed by atoms with Gasteiger partial charge in [-0.15, -0.1) is 0 Å². The fourth-order valence-electron chi connectivity index (χ4n) is 0.590. The second-order valence-corrected chi connectivity index (χ2v) is 1.92. The highest BCUT2D eigenvalue weighted by Crippen LogP contribution is 2.10. The van der Waals surface area contributed by atoms with Gasteiger partial charge in [0.15, 0.2) is 0 Å². The predicted octanol–water partition coefficient (Wildman–Crippen LogP) is 0.736. The third kappa shape index (κ3) is 0.953. The lowest BCUT2D eigenvalue weighted by Gasteiger charge is -2.05. The van der Waals surface area contributed by atoms with Crippen molar-refractivity contribution < 1.29 is 4.39 Å². The largest absolute Gasteiger partial charge is 0.396 e. The molecule has 0 aromatic heterocycles. The number of nitrogens with two attached hydrogens (primary N) is 1. The monoisotopic (exact) mass is 139 g/mol. The Morgan fingerprint density at radius 2 is 1.70 bits per heavy atom. The zero-order valence-corrected chi connectivity index (χ0v) is 5.11. The number of hydrogen-bond acceptors (Lipinski definition) is 3. The summed E-state index contributed by atoms with van der Waals surface area (Å²) in [5.41, 5.74) is 4.83. The van der Waals surface area contributed by atoms with E-state index in [9.17, 15) is 4.39 Å². The second kappa shape index (κ2) is 2.06. The molecule has 0 aliphatic heterocycles. The van der Waals surface area contributed by atoms with Crippen LogP contribution in [0.15, 0.2) is 23.7 Å². The molecule has 1 aliphatic carbocycles. The van der Waals surface area contributed by atoms with Gasteiger partial charge in [-0.1, -0.05) is 0 Å². The molecule has 10 heavy (non-hydrogen) atoms. The zero-order valence-electron chi connectivity index (χ0n) is 5.11. The van der Waals surface area contributed by atoms with Crippen LogP contribution in [0.25, 0.3) is 0 Å². The first kappa shape index (κ1) is 6.67. The molecule has 1 rings (SSSR count). The molecule has 0 radical (unpaired) electrons. The van der Waals surface area contributed by atoms with Crippen LogP contribution in [0.5, 0.6) is 0 Å². The van der Waals surface area contributed by atoms with Crippen LogP contribution in [-0.2, 0) is 0 Å². The molecule has 0 aromatic carbocycles. The standard InChI is InChI=1S/C6H6FN3/c7-3-1-5(9)6(10)2-4(3)8/h1-2,9-10H,8H2. The maximum Gasteiger partial charge on any atom is 0.148 e. The summed E-state index contributed by atoms with van der Waals surface area (Å²) in [6, 6.07) is 0. The lowest BCUT2D eigenvalue weighted by Crippen LogP contribution is -2.15. The van der Waals surface area contributed by atoms with Crippen LogP contribution >= 0.6 is 0 Å². The van der Waals surface area contributed by atoms with Gasteiger partial charge in [-0.3, -0.25) is 10.8 Å². The van der Waals surface area contributed by atoms with Crippen molar-refractivity contribution in [3.8, 4) is 0 Å². The molecule has 0 aromatic rings. The fourth-order valence-corrected chi connectivity index (χ4v) is 0.590. The van der Waals surface area contributed by atoms with Crippen LogP contribution in [-0.4, -0.2) is 11.4 Å². The Kier molecular flexibility index (Phi) is 1.37. The first-order valence-electron chi connectivity index (χ1n) is 2.63. The topological polar surface area (TPSA) is 73.7 Å². The van der Waals surface area contributed by atoms with Gasteiger partial charge < -0.3 is 5.73 Å². The molecule has 0 unspecified atom stereocenters. The molecular formula is C6H6FN3. The summed E-state index contributed by atoms with van der Waals surface area (Å²) in [6.45, 7) is 0. The molecule has 4 heteroatoms. The van der Waals surface area contributed by atoms with Crippen molar-refractivity contribution in [2.24, 2.45) is 5.73 Å². The van der Waals surface area contributed by atoms with Crippen LogP contribution in [0.1, 0.15) is 0 Å². The summed E-state index contributed by atoms with van der Waals surface area (Å²) in [5.74, 6) is -0.638. The lowest BCUT2D eigenvalue weighted by molar-refractivity contribution is 0.649. The Hall–Kier alpha value is -1.45. The fraction of sp³-hybridized carbons (Fsp3) is 0. The van der Waals surface area contributed by atoms with E-state index < -0.39 is 5.83 Å². The minimum absolute atomic E-state index is 0.0566. The summed E-state index contributed by atoms with van der Waals surface area (Å²) in [7, 11) is 0. The molecule has 1 aliphatic rings. The Morgan fingerprint density at radius 3 is 2.20 bits per heavy atom. The number of nitrogens with one attached hydrogen (secondary N) is 2. The highest BCUT2D eigenvalue weighted by Gasteiger charge is 2.11. The van der Waals surface area contributed by atoms with Crippen LogP contribution in [0.3, 0.4) is 0 Å². The van der Waals surface area contributed by atoms with Gasteiger partial charge in [0, 0.05) is 6.08 Å². The van der Waals surface area contributed by atoms with E-state index in [1.54, 1.807) is 0 Å². The summed E-state index contributed by atoms with van der Waals surface area (Å²) in [5, 5.41) is 14.0. The maximum absolute atomic E-state index is 12.4. The minimum Gasteiger partial charge on any atom is -0.396 e. The van der Waals surface area contributed by atoms with Gasteiger partial charge >= 0.3 is 0 Å². The molecule has 0 saturated heterocycles. The molecule has 52 valence electrons. The van der Waals surface area contributed by atoms with Crippen LogP contribution < -0.4 is 5.73 Å². The van der Waals surface area contributed by atoms with Gasteiger partial charge in [-0.05, 0) is 6.08 Å². The van der Waals surface area contributed by atoms with E-state index in [0.29, 0.717) is 0 Å². The predicted molar refractivity (Wildman–Crippen MR) is 36.9 cm³/mol. The highest BCUT2D eigenvalue weighted by molar-refractivity contribution is 6.49. The lowest BCUT2D eigenvalue weighted by atomic mass is 10.1. The Morgan fingerprint density at radius 1 is 1.20 bits per heavy atom. The third-order valence-electron chi connectivity index (χ3n) is 1.14. The Balaban J connectivity index is 3.06. The van der Waals surface area contributed by atoms with E-state index >= 15 is 0 Å². The molecule has 4 N–H and O–H groups in total. The molecular weight excluding hydrogens is 133 g/mol. The smallest absolute Gasteiger partial charge is 0.148 e. The SMILES string of the molecule is N=C1C=C(N)C(F)=CC1=N. The maximum atomic E-state index is 12.4. The van der Waals surface area contributed by atoms with Gasteiger partial charge in [0.05, 0.1) is 17.1 Å². The van der Waals surface area contributed by atoms with Gasteiger partial charge in [-0.2, -0.15) is 0 Å². The van der Waals surface area contributed by atoms with Crippen molar-refractivity contribution in [3.05, 3.63) is 23.7 Å². The van der Waals surface area contributed by atoms with Crippen molar-refractivity contribution in [2.45, 2.75) is 0 Å². The van der Waals surface area contributed by atoms with Gasteiger partial charge in [0.2, 0.25) is 0 Å². The van der Waals surface area contributed by atoms with Gasteiger partial charge in [-0.25, -0.2) is 4.39 Å². The van der Waals surface area contributed by atoms with E-state index in [1.165, 1.54) is 0 Å². The molecule has 3 nitrogen and oxygen atoms in total. The average molecular weight is 139 g/mol. The number of allylic oxidation sites excluding steroid dienone is 3. The van der Waals surface area contributed by atoms with Crippen molar-refractivity contribution in [3.63, 3.8) is 0 Å². The van der Waals surface area contributed by atoms with Crippen LogP contribution in [0, 0.1) is 10.8 Å². The van der Waals surface area contributed by atoms with Crippen LogP contribution in [0.4, 0.5) is 4.39 Å². The zero-order chi connectivity index (χ0) is 7.72. The summed E-state index contributed by atoms with van der Waals surface area (Å²) in [4.78, 5) is 0. The van der Waals surface area contributed by atoms with Crippen molar-refractivity contribution in [1.82, 2.24) is 0 Å². The summed E-state index contributed by atoms with van der Waals surface area (Å²) < 4.78 is 12.4. The minimum atomic E-state index is -0.638.